The summed E-state index contributed by atoms with van der Waals surface area (Å²) in [5.41, 5.74) is 1.90. The fourth-order valence-corrected chi connectivity index (χ4v) is 2.79. The van der Waals surface area contributed by atoms with Crippen LogP contribution in [-0.4, -0.2) is 24.6 Å². The molecule has 0 aliphatic carbocycles. The standard InChI is InChI=1S/C21H20ClN3O3/c1-3-28-17-7-4-15(5-8-17)25-21(26)14-10-11-23-20(12-14)24-16-6-9-19(27-2)18(22)13-16/h4-13H,3H2,1-2H3,(H,23,24)(H,25,26). The Hall–Kier alpha value is -3.25. The molecule has 0 atom stereocenters. The predicted octanol–water partition coefficient (Wildman–Crippen LogP) is 5.14. The molecule has 0 unspecified atom stereocenters. The highest BCUT2D eigenvalue weighted by atomic mass is 35.5. The molecule has 6 nitrogen and oxygen atoms in total. The lowest BCUT2D eigenvalue weighted by Gasteiger charge is -2.10. The van der Waals surface area contributed by atoms with E-state index < -0.39 is 0 Å². The molecule has 2 N–H and O–H groups in total. The number of carbonyl (C=O) groups is 1. The van der Waals surface area contributed by atoms with Gasteiger partial charge in [0.05, 0.1) is 18.7 Å². The Kier molecular flexibility index (Phi) is 6.34. The number of pyridine rings is 1. The maximum absolute atomic E-state index is 12.5. The van der Waals surface area contributed by atoms with Crippen LogP contribution in [0.3, 0.4) is 0 Å². The smallest absolute Gasteiger partial charge is 0.255 e. The Labute approximate surface area is 168 Å². The van der Waals surface area contributed by atoms with Gasteiger partial charge >= 0.3 is 0 Å². The minimum atomic E-state index is -0.234. The molecule has 1 aromatic heterocycles. The number of hydrogen-bond donors (Lipinski definition) is 2. The molecular weight excluding hydrogens is 378 g/mol. The summed E-state index contributed by atoms with van der Waals surface area (Å²) < 4.78 is 10.5. The van der Waals surface area contributed by atoms with E-state index in [9.17, 15) is 4.79 Å². The molecule has 28 heavy (non-hydrogen) atoms. The quantitative estimate of drug-likeness (QED) is 0.577. The molecule has 2 aromatic carbocycles. The van der Waals surface area contributed by atoms with Gasteiger partial charge in [-0.1, -0.05) is 11.6 Å². The summed E-state index contributed by atoms with van der Waals surface area (Å²) in [5.74, 6) is 1.64. The average Bonchev–Trinajstić information content (AvgIpc) is 2.70. The zero-order valence-electron chi connectivity index (χ0n) is 15.5. The first kappa shape index (κ1) is 19.5. The molecule has 3 aromatic rings. The zero-order chi connectivity index (χ0) is 19.9. The van der Waals surface area contributed by atoms with Crippen molar-refractivity contribution in [1.29, 1.82) is 0 Å². The van der Waals surface area contributed by atoms with Gasteiger partial charge in [0.1, 0.15) is 17.3 Å². The van der Waals surface area contributed by atoms with E-state index in [1.54, 1.807) is 49.7 Å². The van der Waals surface area contributed by atoms with Gasteiger partial charge in [-0.05, 0) is 61.5 Å². The topological polar surface area (TPSA) is 72.5 Å². The Morgan fingerprint density at radius 2 is 1.82 bits per heavy atom. The van der Waals surface area contributed by atoms with Crippen LogP contribution >= 0.6 is 11.6 Å². The summed E-state index contributed by atoms with van der Waals surface area (Å²) in [6, 6.07) is 15.8. The molecule has 0 saturated carbocycles. The number of benzene rings is 2. The van der Waals surface area contributed by atoms with Gasteiger partial charge in [-0.25, -0.2) is 4.98 Å². The number of carbonyl (C=O) groups excluding carboxylic acids is 1. The molecule has 0 spiro atoms. The van der Waals surface area contributed by atoms with Crippen LogP contribution in [0.2, 0.25) is 5.02 Å². The third kappa shape index (κ3) is 4.92. The minimum Gasteiger partial charge on any atom is -0.495 e. The highest BCUT2D eigenvalue weighted by Gasteiger charge is 2.09. The van der Waals surface area contributed by atoms with E-state index in [0.717, 1.165) is 11.4 Å². The summed E-state index contributed by atoms with van der Waals surface area (Å²) in [5, 5.41) is 6.47. The second kappa shape index (κ2) is 9.10. The van der Waals surface area contributed by atoms with Crippen molar-refractivity contribution in [3.63, 3.8) is 0 Å². The zero-order valence-corrected chi connectivity index (χ0v) is 16.3. The van der Waals surface area contributed by atoms with Crippen molar-refractivity contribution in [2.24, 2.45) is 0 Å². The highest BCUT2D eigenvalue weighted by molar-refractivity contribution is 6.32. The number of rotatable bonds is 7. The van der Waals surface area contributed by atoms with Crippen molar-refractivity contribution in [1.82, 2.24) is 4.98 Å². The maximum atomic E-state index is 12.5. The lowest BCUT2D eigenvalue weighted by molar-refractivity contribution is 0.102. The van der Waals surface area contributed by atoms with Crippen LogP contribution in [-0.2, 0) is 0 Å². The normalized spacial score (nSPS) is 10.2. The Morgan fingerprint density at radius 3 is 2.50 bits per heavy atom. The van der Waals surface area contributed by atoms with E-state index in [4.69, 9.17) is 21.1 Å². The largest absolute Gasteiger partial charge is 0.495 e. The van der Waals surface area contributed by atoms with E-state index in [0.29, 0.717) is 34.4 Å². The number of hydrogen-bond acceptors (Lipinski definition) is 5. The molecule has 0 fully saturated rings. The van der Waals surface area contributed by atoms with Gasteiger partial charge in [0, 0.05) is 23.1 Å². The van der Waals surface area contributed by atoms with E-state index >= 15 is 0 Å². The molecule has 0 bridgehead atoms. The molecular formula is C21H20ClN3O3. The van der Waals surface area contributed by atoms with Gasteiger partial charge in [-0.3, -0.25) is 4.79 Å². The summed E-state index contributed by atoms with van der Waals surface area (Å²) in [6.07, 6.45) is 1.57. The lowest BCUT2D eigenvalue weighted by atomic mass is 10.2. The van der Waals surface area contributed by atoms with Gasteiger partial charge in [0.2, 0.25) is 0 Å². The van der Waals surface area contributed by atoms with Crippen molar-refractivity contribution >= 4 is 34.7 Å². The fraction of sp³-hybridized carbons (Fsp3) is 0.143. The SMILES string of the molecule is CCOc1ccc(NC(=O)c2ccnc(Nc3ccc(OC)c(Cl)c3)c2)cc1. The Morgan fingerprint density at radius 1 is 1.07 bits per heavy atom. The van der Waals surface area contributed by atoms with Gasteiger partial charge in [-0.15, -0.1) is 0 Å². The van der Waals surface area contributed by atoms with E-state index in [-0.39, 0.29) is 5.91 Å². The third-order valence-corrected chi connectivity index (χ3v) is 4.16. The molecule has 0 radical (unpaired) electrons. The van der Waals surface area contributed by atoms with E-state index in [1.807, 2.05) is 25.1 Å². The van der Waals surface area contributed by atoms with Crippen molar-refractivity contribution in [3.8, 4) is 11.5 Å². The number of anilines is 3. The van der Waals surface area contributed by atoms with Crippen LogP contribution in [0.15, 0.2) is 60.8 Å². The molecule has 3 rings (SSSR count). The van der Waals surface area contributed by atoms with Gasteiger partial charge in [0.15, 0.2) is 0 Å². The first-order chi connectivity index (χ1) is 13.6. The maximum Gasteiger partial charge on any atom is 0.255 e. The van der Waals surface area contributed by atoms with Crippen LogP contribution in [0, 0.1) is 0 Å². The van der Waals surface area contributed by atoms with Crippen LogP contribution in [0.1, 0.15) is 17.3 Å². The number of amides is 1. The predicted molar refractivity (Wildman–Crippen MR) is 111 cm³/mol. The summed E-state index contributed by atoms with van der Waals surface area (Å²) in [7, 11) is 1.56. The van der Waals surface area contributed by atoms with Crippen molar-refractivity contribution in [2.45, 2.75) is 6.92 Å². The molecule has 0 aliphatic heterocycles. The van der Waals surface area contributed by atoms with Gasteiger partial charge in [-0.2, -0.15) is 0 Å². The first-order valence-corrected chi connectivity index (χ1v) is 9.07. The van der Waals surface area contributed by atoms with Crippen LogP contribution in [0.5, 0.6) is 11.5 Å². The number of nitrogens with one attached hydrogen (secondary N) is 2. The number of ether oxygens (including phenoxy) is 2. The van der Waals surface area contributed by atoms with Gasteiger partial charge in [0.25, 0.3) is 5.91 Å². The second-order valence-electron chi connectivity index (χ2n) is 5.82. The third-order valence-electron chi connectivity index (χ3n) is 3.87. The molecule has 1 heterocycles. The summed E-state index contributed by atoms with van der Waals surface area (Å²) in [6.45, 7) is 2.52. The molecule has 0 aliphatic rings. The number of nitrogens with zero attached hydrogens (tertiary/aromatic N) is 1. The van der Waals surface area contributed by atoms with Crippen LogP contribution in [0.4, 0.5) is 17.2 Å². The number of methoxy groups -OCH3 is 1. The van der Waals surface area contributed by atoms with Crippen molar-refractivity contribution in [2.75, 3.05) is 24.4 Å². The summed E-state index contributed by atoms with van der Waals surface area (Å²) >= 11 is 6.14. The van der Waals surface area contributed by atoms with Crippen molar-refractivity contribution in [3.05, 3.63) is 71.4 Å². The van der Waals surface area contributed by atoms with E-state index in [2.05, 4.69) is 15.6 Å². The van der Waals surface area contributed by atoms with E-state index in [1.165, 1.54) is 0 Å². The number of aromatic nitrogens is 1. The monoisotopic (exact) mass is 397 g/mol. The lowest BCUT2D eigenvalue weighted by Crippen LogP contribution is -2.12. The van der Waals surface area contributed by atoms with Gasteiger partial charge < -0.3 is 20.1 Å². The van der Waals surface area contributed by atoms with Crippen LogP contribution < -0.4 is 20.1 Å². The molecule has 7 heteroatoms. The number of halogens is 1. The summed E-state index contributed by atoms with van der Waals surface area (Å²) in [4.78, 5) is 16.8. The Balaban J connectivity index is 1.69. The Bertz CT molecular complexity index is 961. The molecule has 144 valence electrons. The van der Waals surface area contributed by atoms with Crippen molar-refractivity contribution < 1.29 is 14.3 Å². The average molecular weight is 398 g/mol. The molecule has 1 amide bonds. The first-order valence-electron chi connectivity index (χ1n) is 8.70. The molecule has 0 saturated heterocycles. The minimum absolute atomic E-state index is 0.234. The highest BCUT2D eigenvalue weighted by Crippen LogP contribution is 2.28. The second-order valence-corrected chi connectivity index (χ2v) is 6.22. The fourth-order valence-electron chi connectivity index (χ4n) is 2.54. The van der Waals surface area contributed by atoms with Crippen LogP contribution in [0.25, 0.3) is 0 Å².